The zero-order valence-electron chi connectivity index (χ0n) is 17.3. The van der Waals surface area contributed by atoms with Crippen LogP contribution in [-0.2, 0) is 9.53 Å². The Kier molecular flexibility index (Phi) is 7.39. The topological polar surface area (TPSA) is 124 Å². The quantitative estimate of drug-likeness (QED) is 0.482. The Labute approximate surface area is 169 Å². The molecular formula is C21H29N3O5. The van der Waals surface area contributed by atoms with Crippen LogP contribution in [0.2, 0.25) is 0 Å². The smallest absolute Gasteiger partial charge is 0.407 e. The molecule has 0 bridgehead atoms. The number of anilines is 1. The van der Waals surface area contributed by atoms with Crippen molar-refractivity contribution in [2.24, 2.45) is 5.73 Å². The lowest BCUT2D eigenvalue weighted by Gasteiger charge is -2.19. The monoisotopic (exact) mass is 403 g/mol. The van der Waals surface area contributed by atoms with Crippen LogP contribution < -0.4 is 22.0 Å². The molecule has 0 saturated heterocycles. The minimum absolute atomic E-state index is 0.320. The first-order valence-electron chi connectivity index (χ1n) is 9.63. The van der Waals surface area contributed by atoms with Crippen LogP contribution in [0.4, 0.5) is 10.5 Å². The van der Waals surface area contributed by atoms with E-state index in [0.29, 0.717) is 37.1 Å². The van der Waals surface area contributed by atoms with Crippen LogP contribution in [0.25, 0.3) is 11.0 Å². The number of rotatable bonds is 7. The molecule has 8 heteroatoms. The van der Waals surface area contributed by atoms with E-state index < -0.39 is 23.4 Å². The molecule has 0 saturated carbocycles. The molecule has 0 unspecified atom stereocenters. The maximum Gasteiger partial charge on any atom is 0.407 e. The number of amides is 2. The lowest BCUT2D eigenvalue weighted by molar-refractivity contribution is -0.117. The third-order valence-electron chi connectivity index (χ3n) is 4.17. The second kappa shape index (κ2) is 9.56. The minimum atomic E-state index is -0.684. The zero-order chi connectivity index (χ0) is 21.6. The van der Waals surface area contributed by atoms with E-state index in [1.54, 1.807) is 39.0 Å². The van der Waals surface area contributed by atoms with Crippen LogP contribution in [0.1, 0.15) is 45.6 Å². The minimum Gasteiger partial charge on any atom is -0.444 e. The number of alkyl carbamates (subject to hydrolysis) is 1. The summed E-state index contributed by atoms with van der Waals surface area (Å²) >= 11 is 0. The highest BCUT2D eigenvalue weighted by molar-refractivity contribution is 5.96. The van der Waals surface area contributed by atoms with Gasteiger partial charge in [-0.3, -0.25) is 4.79 Å². The average Bonchev–Trinajstić information content (AvgIpc) is 2.59. The van der Waals surface area contributed by atoms with E-state index >= 15 is 0 Å². The number of aryl methyl sites for hydroxylation is 1. The molecule has 1 aromatic heterocycles. The highest BCUT2D eigenvalue weighted by Gasteiger charge is 2.16. The second-order valence-electron chi connectivity index (χ2n) is 7.98. The number of fused-ring (bicyclic) bond motifs is 1. The average molecular weight is 403 g/mol. The van der Waals surface area contributed by atoms with Crippen LogP contribution in [0.3, 0.4) is 0 Å². The Morgan fingerprint density at radius 2 is 1.93 bits per heavy atom. The molecule has 2 aromatic rings. The van der Waals surface area contributed by atoms with E-state index in [4.69, 9.17) is 14.9 Å². The summed E-state index contributed by atoms with van der Waals surface area (Å²) in [6.45, 7) is 7.68. The number of unbranched alkanes of at least 4 members (excludes halogenated alkanes) is 1. The van der Waals surface area contributed by atoms with Gasteiger partial charge in [0.25, 0.3) is 0 Å². The molecule has 0 aliphatic carbocycles. The molecule has 2 amide bonds. The number of ether oxygens (including phenoxy) is 1. The predicted octanol–water partition coefficient (Wildman–Crippen LogP) is 3.06. The van der Waals surface area contributed by atoms with E-state index in [-0.39, 0.29) is 5.91 Å². The first-order valence-corrected chi connectivity index (χ1v) is 9.63. The second-order valence-corrected chi connectivity index (χ2v) is 7.98. The van der Waals surface area contributed by atoms with Gasteiger partial charge in [0.2, 0.25) is 5.91 Å². The van der Waals surface area contributed by atoms with Gasteiger partial charge in [-0.15, -0.1) is 0 Å². The number of carbonyl (C=O) groups is 2. The SMILES string of the molecule is Cc1cc(=O)oc2cc(NC(=O)[C@@H](N)CCCCNC(=O)OC(C)(C)C)ccc12. The van der Waals surface area contributed by atoms with Gasteiger partial charge < -0.3 is 25.5 Å². The Morgan fingerprint density at radius 1 is 1.21 bits per heavy atom. The fraction of sp³-hybridized carbons (Fsp3) is 0.476. The summed E-state index contributed by atoms with van der Waals surface area (Å²) in [5.74, 6) is -0.320. The van der Waals surface area contributed by atoms with Crippen molar-refractivity contribution < 1.29 is 18.7 Å². The molecule has 0 aliphatic rings. The largest absolute Gasteiger partial charge is 0.444 e. The normalized spacial score (nSPS) is 12.4. The summed E-state index contributed by atoms with van der Waals surface area (Å²) in [6.07, 6.45) is 1.37. The summed E-state index contributed by atoms with van der Waals surface area (Å²) in [4.78, 5) is 35.4. The third-order valence-corrected chi connectivity index (χ3v) is 4.17. The molecule has 2 rings (SSSR count). The molecule has 0 fully saturated rings. The van der Waals surface area contributed by atoms with Gasteiger partial charge in [0.15, 0.2) is 0 Å². The third kappa shape index (κ3) is 7.23. The Hall–Kier alpha value is -2.87. The van der Waals surface area contributed by atoms with E-state index in [2.05, 4.69) is 10.6 Å². The molecule has 1 atom stereocenters. The first kappa shape index (κ1) is 22.4. The lowest BCUT2D eigenvalue weighted by Crippen LogP contribution is -2.36. The van der Waals surface area contributed by atoms with Crippen molar-refractivity contribution in [3.05, 3.63) is 40.2 Å². The summed E-state index contributed by atoms with van der Waals surface area (Å²) in [5.41, 5.74) is 6.72. The van der Waals surface area contributed by atoms with Crippen molar-refractivity contribution in [2.45, 2.75) is 58.6 Å². The summed E-state index contributed by atoms with van der Waals surface area (Å²) in [5, 5.41) is 6.22. The molecule has 158 valence electrons. The van der Waals surface area contributed by atoms with Crippen molar-refractivity contribution in [3.8, 4) is 0 Å². The molecule has 0 radical (unpaired) electrons. The summed E-state index contributed by atoms with van der Waals surface area (Å²) in [6, 6.07) is 5.88. The van der Waals surface area contributed by atoms with Crippen LogP contribution in [0.15, 0.2) is 33.5 Å². The number of carbonyl (C=O) groups excluding carboxylic acids is 2. The van der Waals surface area contributed by atoms with Gasteiger partial charge in [-0.1, -0.05) is 0 Å². The molecule has 0 aliphatic heterocycles. The fourth-order valence-corrected chi connectivity index (χ4v) is 2.76. The number of hydrogen-bond acceptors (Lipinski definition) is 6. The van der Waals surface area contributed by atoms with Gasteiger partial charge in [0, 0.05) is 29.8 Å². The van der Waals surface area contributed by atoms with Gasteiger partial charge in [-0.2, -0.15) is 0 Å². The summed E-state index contributed by atoms with van der Waals surface area (Å²) in [7, 11) is 0. The molecule has 0 spiro atoms. The van der Waals surface area contributed by atoms with Crippen molar-refractivity contribution in [2.75, 3.05) is 11.9 Å². The highest BCUT2D eigenvalue weighted by Crippen LogP contribution is 2.21. The molecular weight excluding hydrogens is 374 g/mol. The molecule has 8 nitrogen and oxygen atoms in total. The van der Waals surface area contributed by atoms with Crippen molar-refractivity contribution >= 4 is 28.7 Å². The fourth-order valence-electron chi connectivity index (χ4n) is 2.76. The van der Waals surface area contributed by atoms with Crippen LogP contribution in [0.5, 0.6) is 0 Å². The van der Waals surface area contributed by atoms with Gasteiger partial charge in [0.05, 0.1) is 6.04 Å². The first-order chi connectivity index (χ1) is 13.5. The van der Waals surface area contributed by atoms with Crippen molar-refractivity contribution in [1.82, 2.24) is 5.32 Å². The standard InChI is InChI=1S/C21H29N3O5/c1-13-11-18(25)28-17-12-14(8-9-15(13)17)24-19(26)16(22)7-5-6-10-23-20(27)29-21(2,3)4/h8-9,11-12,16H,5-7,10,22H2,1-4H3,(H,23,27)(H,24,26)/t16-/m0/s1. The van der Waals surface area contributed by atoms with Crippen LogP contribution in [-0.4, -0.2) is 30.2 Å². The number of nitrogens with two attached hydrogens (primary N) is 1. The highest BCUT2D eigenvalue weighted by atomic mass is 16.6. The van der Waals surface area contributed by atoms with E-state index in [1.165, 1.54) is 6.07 Å². The van der Waals surface area contributed by atoms with E-state index in [0.717, 1.165) is 10.9 Å². The maximum atomic E-state index is 12.3. The Morgan fingerprint density at radius 3 is 2.62 bits per heavy atom. The Balaban J connectivity index is 1.78. The number of benzene rings is 1. The molecule has 29 heavy (non-hydrogen) atoms. The lowest BCUT2D eigenvalue weighted by atomic mass is 10.1. The molecule has 1 aromatic carbocycles. The summed E-state index contributed by atoms with van der Waals surface area (Å²) < 4.78 is 10.3. The van der Waals surface area contributed by atoms with Crippen LogP contribution >= 0.6 is 0 Å². The van der Waals surface area contributed by atoms with E-state index in [1.807, 2.05) is 6.92 Å². The Bertz CT molecular complexity index is 930. The molecule has 1 heterocycles. The van der Waals surface area contributed by atoms with Crippen molar-refractivity contribution in [1.29, 1.82) is 0 Å². The van der Waals surface area contributed by atoms with Gasteiger partial charge in [-0.05, 0) is 64.7 Å². The van der Waals surface area contributed by atoms with Gasteiger partial charge in [0.1, 0.15) is 11.2 Å². The zero-order valence-corrected chi connectivity index (χ0v) is 17.3. The van der Waals surface area contributed by atoms with E-state index in [9.17, 15) is 14.4 Å². The maximum absolute atomic E-state index is 12.3. The predicted molar refractivity (Wildman–Crippen MR) is 112 cm³/mol. The van der Waals surface area contributed by atoms with Gasteiger partial charge >= 0.3 is 11.7 Å². The van der Waals surface area contributed by atoms with Crippen molar-refractivity contribution in [3.63, 3.8) is 0 Å². The van der Waals surface area contributed by atoms with Crippen LogP contribution in [0, 0.1) is 6.92 Å². The molecule has 4 N–H and O–H groups in total. The number of nitrogens with one attached hydrogen (secondary N) is 2. The van der Waals surface area contributed by atoms with Gasteiger partial charge in [-0.25, -0.2) is 9.59 Å². The number of hydrogen-bond donors (Lipinski definition) is 3.